The molecule has 1 atom stereocenters. The van der Waals surface area contributed by atoms with E-state index in [1.54, 1.807) is 12.1 Å². The Morgan fingerprint density at radius 1 is 1.13 bits per heavy atom. The van der Waals surface area contributed by atoms with Crippen LogP contribution in [0.25, 0.3) is 5.76 Å². The third-order valence-corrected chi connectivity index (χ3v) is 5.58. The molecule has 1 unspecified atom stereocenters. The van der Waals surface area contributed by atoms with Crippen LogP contribution in [0.15, 0.2) is 48.0 Å². The SMILES string of the molecule is CCOc1ccc(/C(O)=C2/C(=O)C(=O)N(CCOC)C2c2ccc(CC)cc2)cc1Cl. The van der Waals surface area contributed by atoms with Crippen LogP contribution in [0, 0.1) is 0 Å². The topological polar surface area (TPSA) is 76.1 Å². The number of methoxy groups -OCH3 is 1. The molecule has 0 aliphatic carbocycles. The van der Waals surface area contributed by atoms with Gasteiger partial charge in [-0.3, -0.25) is 9.59 Å². The van der Waals surface area contributed by atoms with E-state index in [1.165, 1.54) is 18.1 Å². The van der Waals surface area contributed by atoms with E-state index in [9.17, 15) is 14.7 Å². The minimum Gasteiger partial charge on any atom is -0.507 e. The Balaban J connectivity index is 2.12. The maximum absolute atomic E-state index is 12.9. The van der Waals surface area contributed by atoms with Crippen molar-refractivity contribution in [2.75, 3.05) is 26.9 Å². The number of carbonyl (C=O) groups is 2. The van der Waals surface area contributed by atoms with Crippen molar-refractivity contribution in [1.82, 2.24) is 4.90 Å². The van der Waals surface area contributed by atoms with Gasteiger partial charge < -0.3 is 19.5 Å². The molecule has 1 fully saturated rings. The zero-order valence-electron chi connectivity index (χ0n) is 17.9. The van der Waals surface area contributed by atoms with Crippen LogP contribution >= 0.6 is 11.6 Å². The summed E-state index contributed by atoms with van der Waals surface area (Å²) in [5.41, 5.74) is 2.25. The van der Waals surface area contributed by atoms with Crippen LogP contribution in [-0.4, -0.2) is 48.6 Å². The van der Waals surface area contributed by atoms with Crippen LogP contribution in [0.4, 0.5) is 0 Å². The van der Waals surface area contributed by atoms with E-state index in [1.807, 2.05) is 31.2 Å². The summed E-state index contributed by atoms with van der Waals surface area (Å²) in [7, 11) is 1.53. The molecule has 1 N–H and O–H groups in total. The molecule has 0 spiro atoms. The summed E-state index contributed by atoms with van der Waals surface area (Å²) >= 11 is 6.27. The largest absolute Gasteiger partial charge is 0.507 e. The van der Waals surface area contributed by atoms with E-state index in [4.69, 9.17) is 21.1 Å². The van der Waals surface area contributed by atoms with Crippen LogP contribution in [0.2, 0.25) is 5.02 Å². The fourth-order valence-corrected chi connectivity index (χ4v) is 3.89. The van der Waals surface area contributed by atoms with Crippen LogP contribution in [0.5, 0.6) is 5.75 Å². The number of ether oxygens (including phenoxy) is 2. The predicted octanol–water partition coefficient (Wildman–Crippen LogP) is 4.37. The van der Waals surface area contributed by atoms with Crippen molar-refractivity contribution in [3.63, 3.8) is 0 Å². The van der Waals surface area contributed by atoms with Gasteiger partial charge in [0.05, 0.1) is 29.9 Å². The second-order valence-corrected chi connectivity index (χ2v) is 7.57. The maximum Gasteiger partial charge on any atom is 0.295 e. The lowest BCUT2D eigenvalue weighted by Gasteiger charge is -2.25. The van der Waals surface area contributed by atoms with E-state index < -0.39 is 17.7 Å². The van der Waals surface area contributed by atoms with E-state index in [0.717, 1.165) is 17.5 Å². The number of hydrogen-bond donors (Lipinski definition) is 1. The summed E-state index contributed by atoms with van der Waals surface area (Å²) in [5, 5.41) is 11.4. The Morgan fingerprint density at radius 3 is 2.42 bits per heavy atom. The first-order chi connectivity index (χ1) is 14.9. The molecule has 0 saturated carbocycles. The number of halogens is 1. The molecule has 0 bridgehead atoms. The zero-order valence-corrected chi connectivity index (χ0v) is 18.6. The number of rotatable bonds is 8. The fourth-order valence-electron chi connectivity index (χ4n) is 3.66. The highest BCUT2D eigenvalue weighted by atomic mass is 35.5. The van der Waals surface area contributed by atoms with E-state index >= 15 is 0 Å². The molecule has 1 aliphatic heterocycles. The summed E-state index contributed by atoms with van der Waals surface area (Å²) in [6.45, 7) is 4.84. The third kappa shape index (κ3) is 4.60. The molecule has 6 nitrogen and oxygen atoms in total. The number of benzene rings is 2. The van der Waals surface area contributed by atoms with Crippen molar-refractivity contribution in [2.45, 2.75) is 26.3 Å². The number of amides is 1. The van der Waals surface area contributed by atoms with Gasteiger partial charge in [-0.05, 0) is 42.7 Å². The first-order valence-corrected chi connectivity index (χ1v) is 10.6. The number of hydrogen-bond acceptors (Lipinski definition) is 5. The number of aliphatic hydroxyl groups is 1. The highest BCUT2D eigenvalue weighted by Crippen LogP contribution is 2.40. The molecule has 0 radical (unpaired) electrons. The first-order valence-electron chi connectivity index (χ1n) is 10.2. The van der Waals surface area contributed by atoms with Crippen molar-refractivity contribution in [1.29, 1.82) is 0 Å². The quantitative estimate of drug-likeness (QED) is 0.372. The van der Waals surface area contributed by atoms with E-state index in [-0.39, 0.29) is 24.5 Å². The molecule has 2 aromatic rings. The lowest BCUT2D eigenvalue weighted by molar-refractivity contribution is -0.140. The average molecular weight is 444 g/mol. The highest BCUT2D eigenvalue weighted by Gasteiger charge is 2.45. The number of ketones is 1. The van der Waals surface area contributed by atoms with Gasteiger partial charge in [0.2, 0.25) is 0 Å². The lowest BCUT2D eigenvalue weighted by Crippen LogP contribution is -2.32. The Bertz CT molecular complexity index is 1000. The van der Waals surface area contributed by atoms with Gasteiger partial charge in [0.15, 0.2) is 0 Å². The predicted molar refractivity (Wildman–Crippen MR) is 119 cm³/mol. The fraction of sp³-hybridized carbons (Fsp3) is 0.333. The number of carbonyl (C=O) groups excluding carboxylic acids is 2. The standard InChI is InChI=1S/C24H26ClNO5/c1-4-15-6-8-16(9-7-15)21-20(23(28)24(29)26(21)12-13-30-3)22(27)17-10-11-19(31-5-2)18(25)14-17/h6-11,14,21,27H,4-5,12-13H2,1-3H3/b22-20-. The summed E-state index contributed by atoms with van der Waals surface area (Å²) in [6, 6.07) is 11.7. The molecule has 1 aliphatic rings. The van der Waals surface area contributed by atoms with Crippen LogP contribution in [0.3, 0.4) is 0 Å². The second kappa shape index (κ2) is 9.98. The molecule has 0 aromatic heterocycles. The Morgan fingerprint density at radius 2 is 1.84 bits per heavy atom. The monoisotopic (exact) mass is 443 g/mol. The minimum absolute atomic E-state index is 0.0329. The lowest BCUT2D eigenvalue weighted by atomic mass is 9.94. The zero-order chi connectivity index (χ0) is 22.5. The third-order valence-electron chi connectivity index (χ3n) is 5.29. The molecular weight excluding hydrogens is 418 g/mol. The summed E-state index contributed by atoms with van der Waals surface area (Å²) in [6.07, 6.45) is 0.870. The first kappa shape index (κ1) is 22.8. The van der Waals surface area contributed by atoms with Crippen LogP contribution in [0.1, 0.15) is 36.6 Å². The van der Waals surface area contributed by atoms with Crippen molar-refractivity contribution in [3.8, 4) is 5.75 Å². The number of Topliss-reactive ketones (excluding diaryl/α,β-unsaturated/α-hetero) is 1. The highest BCUT2D eigenvalue weighted by molar-refractivity contribution is 6.46. The number of likely N-dealkylation sites (tertiary alicyclic amines) is 1. The average Bonchev–Trinajstić information content (AvgIpc) is 3.03. The molecule has 2 aromatic carbocycles. The number of aliphatic hydroxyl groups excluding tert-OH is 1. The minimum atomic E-state index is -0.733. The van der Waals surface area contributed by atoms with Gasteiger partial charge in [-0.1, -0.05) is 42.8 Å². The molecule has 7 heteroatoms. The molecule has 3 rings (SSSR count). The second-order valence-electron chi connectivity index (χ2n) is 7.16. The van der Waals surface area contributed by atoms with Crippen molar-refractivity contribution >= 4 is 29.1 Å². The Kier molecular flexibility index (Phi) is 7.36. The maximum atomic E-state index is 12.9. The van der Waals surface area contributed by atoms with Gasteiger partial charge in [-0.25, -0.2) is 0 Å². The molecule has 31 heavy (non-hydrogen) atoms. The van der Waals surface area contributed by atoms with Crippen molar-refractivity contribution in [3.05, 3.63) is 69.8 Å². The molecular formula is C24H26ClNO5. The van der Waals surface area contributed by atoms with Gasteiger partial charge in [0.25, 0.3) is 11.7 Å². The van der Waals surface area contributed by atoms with Gasteiger partial charge in [0.1, 0.15) is 11.5 Å². The summed E-state index contributed by atoms with van der Waals surface area (Å²) in [4.78, 5) is 27.2. The van der Waals surface area contributed by atoms with Crippen LogP contribution in [-0.2, 0) is 20.7 Å². The molecule has 164 valence electrons. The van der Waals surface area contributed by atoms with Crippen LogP contribution < -0.4 is 4.74 Å². The Hall–Kier alpha value is -2.83. The molecule has 1 saturated heterocycles. The normalized spacial score (nSPS) is 17.9. The summed E-state index contributed by atoms with van der Waals surface area (Å²) in [5.74, 6) is -1.19. The van der Waals surface area contributed by atoms with E-state index in [0.29, 0.717) is 22.9 Å². The van der Waals surface area contributed by atoms with Crippen molar-refractivity contribution < 1.29 is 24.2 Å². The van der Waals surface area contributed by atoms with Gasteiger partial charge in [-0.15, -0.1) is 0 Å². The van der Waals surface area contributed by atoms with E-state index in [2.05, 4.69) is 6.92 Å². The number of nitrogens with zero attached hydrogens (tertiary/aromatic N) is 1. The Labute approximate surface area is 187 Å². The summed E-state index contributed by atoms with van der Waals surface area (Å²) < 4.78 is 10.6. The van der Waals surface area contributed by atoms with Gasteiger partial charge >= 0.3 is 0 Å². The number of aryl methyl sites for hydroxylation is 1. The van der Waals surface area contributed by atoms with Crippen molar-refractivity contribution in [2.24, 2.45) is 0 Å². The molecule has 1 amide bonds. The smallest absolute Gasteiger partial charge is 0.295 e. The van der Waals surface area contributed by atoms with Gasteiger partial charge in [-0.2, -0.15) is 0 Å². The van der Waals surface area contributed by atoms with Gasteiger partial charge in [0, 0.05) is 19.2 Å². The molecule has 1 heterocycles.